The molecule has 2 rings (SSSR count). The molecule has 0 saturated heterocycles. The van der Waals surface area contributed by atoms with Gasteiger partial charge in [0.2, 0.25) is 15.9 Å². The summed E-state index contributed by atoms with van der Waals surface area (Å²) in [4.78, 5) is 12.1. The fraction of sp³-hybridized carbons (Fsp3) is 0.188. The molecule has 0 aliphatic heterocycles. The van der Waals surface area contributed by atoms with E-state index in [1.807, 2.05) is 6.07 Å². The number of anilines is 1. The van der Waals surface area contributed by atoms with Gasteiger partial charge in [-0.25, -0.2) is 8.42 Å². The van der Waals surface area contributed by atoms with E-state index < -0.39 is 15.9 Å². The third-order valence-corrected chi connectivity index (χ3v) is 6.08. The van der Waals surface area contributed by atoms with Crippen molar-refractivity contribution in [3.8, 4) is 5.75 Å². The number of rotatable bonds is 6. The first-order valence-corrected chi connectivity index (χ1v) is 9.71. The molecule has 0 spiro atoms. The van der Waals surface area contributed by atoms with Crippen LogP contribution in [-0.2, 0) is 14.8 Å². The number of benzene rings is 2. The first-order chi connectivity index (χ1) is 11.8. The van der Waals surface area contributed by atoms with Crippen molar-refractivity contribution in [3.05, 3.63) is 52.0 Å². The molecule has 1 amide bonds. The number of likely N-dealkylation sites (N-methyl/N-ethyl adjacent to an activating group) is 1. The number of hydrogen-bond donors (Lipinski definition) is 1. The topological polar surface area (TPSA) is 75.7 Å². The minimum Gasteiger partial charge on any atom is -0.495 e. The van der Waals surface area contributed by atoms with Gasteiger partial charge >= 0.3 is 0 Å². The third kappa shape index (κ3) is 4.72. The molecule has 134 valence electrons. The van der Waals surface area contributed by atoms with E-state index in [9.17, 15) is 13.2 Å². The Labute approximate surface area is 159 Å². The normalized spacial score (nSPS) is 11.4. The van der Waals surface area contributed by atoms with Crippen LogP contribution >= 0.6 is 27.5 Å². The van der Waals surface area contributed by atoms with E-state index in [1.165, 1.54) is 32.4 Å². The molecular weight excluding hydrogens is 432 g/mol. The van der Waals surface area contributed by atoms with Crippen LogP contribution < -0.4 is 10.1 Å². The van der Waals surface area contributed by atoms with Crippen molar-refractivity contribution in [1.29, 1.82) is 0 Å². The molecule has 0 atom stereocenters. The van der Waals surface area contributed by atoms with E-state index in [0.29, 0.717) is 10.2 Å². The highest BCUT2D eigenvalue weighted by Gasteiger charge is 2.27. The molecule has 0 heterocycles. The van der Waals surface area contributed by atoms with Crippen molar-refractivity contribution in [3.63, 3.8) is 0 Å². The highest BCUT2D eigenvalue weighted by molar-refractivity contribution is 9.10. The monoisotopic (exact) mass is 446 g/mol. The van der Waals surface area contributed by atoms with Crippen LogP contribution in [0.25, 0.3) is 0 Å². The Morgan fingerprint density at radius 3 is 2.60 bits per heavy atom. The highest BCUT2D eigenvalue weighted by atomic mass is 79.9. The standard InChI is InChI=1S/C16H16BrClN2O4S/c1-20(10-16(21)19-13-6-4-3-5-12(13)17)25(22,23)15-9-11(18)7-8-14(15)24-2/h3-9H,10H2,1-2H3,(H,19,21). The van der Waals surface area contributed by atoms with Crippen molar-refractivity contribution in [2.45, 2.75) is 4.90 Å². The van der Waals surface area contributed by atoms with E-state index in [-0.39, 0.29) is 22.2 Å². The Hall–Kier alpha value is -1.61. The van der Waals surface area contributed by atoms with E-state index in [2.05, 4.69) is 21.2 Å². The number of amides is 1. The molecule has 0 bridgehead atoms. The first-order valence-electron chi connectivity index (χ1n) is 7.10. The first kappa shape index (κ1) is 19.7. The zero-order chi connectivity index (χ0) is 18.6. The van der Waals surface area contributed by atoms with Crippen molar-refractivity contribution >= 4 is 49.1 Å². The van der Waals surface area contributed by atoms with Gasteiger partial charge in [-0.05, 0) is 46.3 Å². The SMILES string of the molecule is COc1ccc(Cl)cc1S(=O)(=O)N(C)CC(=O)Nc1ccccc1Br. The van der Waals surface area contributed by atoms with Gasteiger partial charge in [0.15, 0.2) is 0 Å². The van der Waals surface area contributed by atoms with Crippen molar-refractivity contribution in [2.24, 2.45) is 0 Å². The molecule has 0 fully saturated rings. The lowest BCUT2D eigenvalue weighted by Crippen LogP contribution is -2.35. The number of halogens is 2. The van der Waals surface area contributed by atoms with Crippen LogP contribution in [0.3, 0.4) is 0 Å². The number of sulfonamides is 1. The number of carbonyl (C=O) groups is 1. The zero-order valence-corrected chi connectivity index (χ0v) is 16.7. The van der Waals surface area contributed by atoms with Crippen molar-refractivity contribution < 1.29 is 17.9 Å². The zero-order valence-electron chi connectivity index (χ0n) is 13.5. The molecule has 0 radical (unpaired) electrons. The maximum Gasteiger partial charge on any atom is 0.247 e. The molecule has 0 aliphatic carbocycles. The Morgan fingerprint density at radius 1 is 1.28 bits per heavy atom. The summed E-state index contributed by atoms with van der Waals surface area (Å²) in [6.45, 7) is -0.362. The lowest BCUT2D eigenvalue weighted by molar-refractivity contribution is -0.116. The average molecular weight is 448 g/mol. The second-order valence-corrected chi connectivity index (χ2v) is 8.39. The maximum atomic E-state index is 12.7. The molecule has 0 aromatic heterocycles. The van der Waals surface area contributed by atoms with Gasteiger partial charge in [-0.2, -0.15) is 4.31 Å². The van der Waals surface area contributed by atoms with Gasteiger partial charge in [0.25, 0.3) is 0 Å². The minimum atomic E-state index is -3.95. The smallest absolute Gasteiger partial charge is 0.247 e. The number of para-hydroxylation sites is 1. The Balaban J connectivity index is 2.19. The molecule has 0 unspecified atom stereocenters. The van der Waals surface area contributed by atoms with Gasteiger partial charge < -0.3 is 10.1 Å². The fourth-order valence-corrected chi connectivity index (χ4v) is 3.98. The maximum absolute atomic E-state index is 12.7. The minimum absolute atomic E-state index is 0.0984. The Morgan fingerprint density at radius 2 is 1.96 bits per heavy atom. The van der Waals surface area contributed by atoms with Crippen LogP contribution in [0.1, 0.15) is 0 Å². The largest absolute Gasteiger partial charge is 0.495 e. The molecular formula is C16H16BrClN2O4S. The van der Waals surface area contributed by atoms with Crippen LogP contribution in [-0.4, -0.2) is 39.3 Å². The molecule has 9 heteroatoms. The fourth-order valence-electron chi connectivity index (χ4n) is 2.06. The van der Waals surface area contributed by atoms with Gasteiger partial charge in [0, 0.05) is 16.5 Å². The molecule has 2 aromatic carbocycles. The van der Waals surface area contributed by atoms with Crippen molar-refractivity contribution in [2.75, 3.05) is 26.0 Å². The predicted octanol–water partition coefficient (Wildman–Crippen LogP) is 3.37. The predicted molar refractivity (Wildman–Crippen MR) is 101 cm³/mol. The van der Waals surface area contributed by atoms with Crippen LogP contribution in [0.5, 0.6) is 5.75 Å². The van der Waals surface area contributed by atoms with E-state index in [4.69, 9.17) is 16.3 Å². The van der Waals surface area contributed by atoms with Gasteiger partial charge in [0.1, 0.15) is 10.6 Å². The van der Waals surface area contributed by atoms with Crippen LogP contribution in [0.15, 0.2) is 51.8 Å². The summed E-state index contributed by atoms with van der Waals surface area (Å²) in [6, 6.07) is 11.3. The lowest BCUT2D eigenvalue weighted by atomic mass is 10.3. The summed E-state index contributed by atoms with van der Waals surface area (Å²) >= 11 is 9.21. The van der Waals surface area contributed by atoms with Crippen LogP contribution in [0, 0.1) is 0 Å². The second kappa shape index (κ2) is 8.18. The summed E-state index contributed by atoms with van der Waals surface area (Å²) in [6.07, 6.45) is 0. The van der Waals surface area contributed by atoms with E-state index in [1.54, 1.807) is 18.2 Å². The van der Waals surface area contributed by atoms with E-state index in [0.717, 1.165) is 4.31 Å². The molecule has 0 saturated carbocycles. The number of carbonyl (C=O) groups excluding carboxylic acids is 1. The molecule has 0 aliphatic rings. The molecule has 25 heavy (non-hydrogen) atoms. The summed E-state index contributed by atoms with van der Waals surface area (Å²) in [7, 11) is -1.27. The third-order valence-electron chi connectivity index (χ3n) is 3.33. The quantitative estimate of drug-likeness (QED) is 0.737. The lowest BCUT2D eigenvalue weighted by Gasteiger charge is -2.19. The van der Waals surface area contributed by atoms with Crippen LogP contribution in [0.4, 0.5) is 5.69 Å². The molecule has 2 aromatic rings. The number of nitrogens with zero attached hydrogens (tertiary/aromatic N) is 1. The highest BCUT2D eigenvalue weighted by Crippen LogP contribution is 2.29. The van der Waals surface area contributed by atoms with E-state index >= 15 is 0 Å². The number of hydrogen-bond acceptors (Lipinski definition) is 4. The van der Waals surface area contributed by atoms with Gasteiger partial charge in [0.05, 0.1) is 19.3 Å². The summed E-state index contributed by atoms with van der Waals surface area (Å²) in [5.41, 5.74) is 0.554. The van der Waals surface area contributed by atoms with Gasteiger partial charge in [-0.1, -0.05) is 23.7 Å². The van der Waals surface area contributed by atoms with Crippen molar-refractivity contribution in [1.82, 2.24) is 4.31 Å². The molecule has 1 N–H and O–H groups in total. The Kier molecular flexibility index (Phi) is 6.45. The number of nitrogens with one attached hydrogen (secondary N) is 1. The van der Waals surface area contributed by atoms with Gasteiger partial charge in [-0.15, -0.1) is 0 Å². The molecule has 6 nitrogen and oxygen atoms in total. The average Bonchev–Trinajstić information content (AvgIpc) is 2.56. The Bertz CT molecular complexity index is 889. The second-order valence-electron chi connectivity index (χ2n) is 5.08. The summed E-state index contributed by atoms with van der Waals surface area (Å²) < 4.78 is 32.2. The number of ether oxygens (including phenoxy) is 1. The number of methoxy groups -OCH3 is 1. The van der Waals surface area contributed by atoms with Gasteiger partial charge in [-0.3, -0.25) is 4.79 Å². The summed E-state index contributed by atoms with van der Waals surface area (Å²) in [5, 5.41) is 2.91. The van der Waals surface area contributed by atoms with Crippen LogP contribution in [0.2, 0.25) is 5.02 Å². The summed E-state index contributed by atoms with van der Waals surface area (Å²) in [5.74, 6) is -0.318.